The summed E-state index contributed by atoms with van der Waals surface area (Å²) in [5, 5.41) is 1.37. The summed E-state index contributed by atoms with van der Waals surface area (Å²) in [5.41, 5.74) is 10.5. The number of fused-ring (bicyclic) bond motifs is 8. The van der Waals surface area contributed by atoms with Crippen molar-refractivity contribution >= 4 is 69.6 Å². The van der Waals surface area contributed by atoms with Crippen LogP contribution in [0.2, 0.25) is 10.0 Å². The molecule has 0 saturated heterocycles. The third kappa shape index (κ3) is 5.02. The van der Waals surface area contributed by atoms with Crippen LogP contribution in [-0.4, -0.2) is 9.97 Å². The van der Waals surface area contributed by atoms with Crippen molar-refractivity contribution in [2.45, 2.75) is 0 Å². The van der Waals surface area contributed by atoms with Gasteiger partial charge in [0, 0.05) is 15.6 Å². The smallest absolute Gasteiger partial charge is 0.657 e. The molecule has 7 heteroatoms. The van der Waals surface area contributed by atoms with Crippen molar-refractivity contribution in [1.29, 1.82) is 0 Å². The minimum atomic E-state index is 0. The van der Waals surface area contributed by atoms with Gasteiger partial charge in [-0.05, 0) is 65.3 Å². The molecule has 5 heterocycles. The van der Waals surface area contributed by atoms with Gasteiger partial charge in [0.2, 0.25) is 0 Å². The maximum Gasteiger partial charge on any atom is 2.00 e. The second-order valence-electron chi connectivity index (χ2n) is 9.07. The van der Waals surface area contributed by atoms with Crippen LogP contribution in [0.15, 0.2) is 84.9 Å². The van der Waals surface area contributed by atoms with E-state index in [0.717, 1.165) is 67.1 Å². The molecule has 0 saturated carbocycles. The molecule has 39 heavy (non-hydrogen) atoms. The van der Waals surface area contributed by atoms with Crippen LogP contribution in [0.25, 0.3) is 68.6 Å². The van der Waals surface area contributed by atoms with Gasteiger partial charge in [0.15, 0.2) is 0 Å². The Morgan fingerprint density at radius 1 is 0.487 bits per heavy atom. The molecule has 0 aliphatic carbocycles. The zero-order valence-electron chi connectivity index (χ0n) is 20.6. The predicted octanol–water partition coefficient (Wildman–Crippen LogP) is 8.55. The molecule has 5 aromatic rings. The standard InChI is InChI=1S/C32H18Cl2N4.Zn/c33-21-5-1-19(2-6-21)31-27-13-9-23(35-27)17-25-11-15-29(37-25)32(20-3-7-22(34)8-4-20)30-16-12-26(38-30)18-24-10-14-28(31)36-24;/h1-18H;/q-2;+2. The topological polar surface area (TPSA) is 54.0 Å². The molecular formula is C32H18Cl2N4Zn. The minimum absolute atomic E-state index is 0. The van der Waals surface area contributed by atoms with Crippen molar-refractivity contribution in [3.63, 3.8) is 0 Å². The van der Waals surface area contributed by atoms with Crippen LogP contribution < -0.4 is 9.97 Å². The maximum atomic E-state index is 6.18. The van der Waals surface area contributed by atoms with Gasteiger partial charge < -0.3 is 9.97 Å². The molecule has 7 rings (SSSR count). The van der Waals surface area contributed by atoms with E-state index in [-0.39, 0.29) is 19.5 Å². The molecule has 3 aromatic heterocycles. The Labute approximate surface area is 247 Å². The number of benzene rings is 2. The van der Waals surface area contributed by atoms with Gasteiger partial charge in [-0.15, -0.1) is 22.1 Å². The number of halogens is 2. The van der Waals surface area contributed by atoms with E-state index in [2.05, 4.69) is 0 Å². The summed E-state index contributed by atoms with van der Waals surface area (Å²) in [6.45, 7) is 0. The summed E-state index contributed by atoms with van der Waals surface area (Å²) in [5.74, 6) is 0. The first-order chi connectivity index (χ1) is 18.6. The van der Waals surface area contributed by atoms with E-state index in [1.807, 2.05) is 109 Å². The molecule has 0 amide bonds. The summed E-state index contributed by atoms with van der Waals surface area (Å²) in [4.78, 5) is 19.7. The van der Waals surface area contributed by atoms with Gasteiger partial charge in [0.05, 0.1) is 22.8 Å². The molecule has 0 spiro atoms. The number of hydrogen-bond donors (Lipinski definition) is 0. The Morgan fingerprint density at radius 2 is 0.923 bits per heavy atom. The minimum Gasteiger partial charge on any atom is -0.657 e. The first-order valence-electron chi connectivity index (χ1n) is 12.1. The van der Waals surface area contributed by atoms with Gasteiger partial charge in [-0.2, -0.15) is 0 Å². The quantitative estimate of drug-likeness (QED) is 0.188. The average Bonchev–Trinajstić information content (AvgIpc) is 3.72. The summed E-state index contributed by atoms with van der Waals surface area (Å²) < 4.78 is 0. The Balaban J connectivity index is 0.00000277. The number of nitrogens with zero attached hydrogens (tertiary/aromatic N) is 4. The van der Waals surface area contributed by atoms with Crippen LogP contribution in [0.5, 0.6) is 0 Å². The third-order valence-electron chi connectivity index (χ3n) is 6.53. The van der Waals surface area contributed by atoms with Crippen LogP contribution in [-0.2, 0) is 19.5 Å². The zero-order valence-corrected chi connectivity index (χ0v) is 25.1. The van der Waals surface area contributed by atoms with Gasteiger partial charge in [-0.25, -0.2) is 9.97 Å². The molecule has 4 nitrogen and oxygen atoms in total. The van der Waals surface area contributed by atoms with E-state index in [1.165, 1.54) is 0 Å². The van der Waals surface area contributed by atoms with E-state index in [9.17, 15) is 0 Å². The first kappa shape index (κ1) is 25.5. The molecule has 2 aromatic carbocycles. The second-order valence-corrected chi connectivity index (χ2v) is 9.95. The molecule has 2 aliphatic rings. The fourth-order valence-corrected chi connectivity index (χ4v) is 5.03. The van der Waals surface area contributed by atoms with E-state index in [4.69, 9.17) is 43.1 Å². The Hall–Kier alpha value is -3.76. The molecule has 0 radical (unpaired) electrons. The normalized spacial score (nSPS) is 11.9. The van der Waals surface area contributed by atoms with E-state index in [0.29, 0.717) is 10.0 Å². The molecule has 0 unspecified atom stereocenters. The monoisotopic (exact) mass is 592 g/mol. The fourth-order valence-electron chi connectivity index (χ4n) is 4.78. The summed E-state index contributed by atoms with van der Waals surface area (Å²) in [6.07, 6.45) is 8.04. The van der Waals surface area contributed by atoms with Gasteiger partial charge >= 0.3 is 19.5 Å². The molecule has 2 aliphatic heterocycles. The molecule has 182 valence electrons. The number of aromatic nitrogens is 4. The molecule has 8 bridgehead atoms. The van der Waals surface area contributed by atoms with Crippen LogP contribution >= 0.6 is 23.2 Å². The summed E-state index contributed by atoms with van der Waals surface area (Å²) in [7, 11) is 0. The van der Waals surface area contributed by atoms with Gasteiger partial charge in [0.1, 0.15) is 0 Å². The zero-order chi connectivity index (χ0) is 25.6. The SMILES string of the molecule is Clc1ccc(-c2c3nc(cc4ccc([n-]4)c(-c4ccc(Cl)cc4)c4ccc(cc5nc2C=C5)[n-]4)C=C3)cc1.[Zn+2]. The Kier molecular flexibility index (Phi) is 6.82. The van der Waals surface area contributed by atoms with Gasteiger partial charge in [-0.1, -0.05) is 83.9 Å². The van der Waals surface area contributed by atoms with Crippen molar-refractivity contribution in [3.05, 3.63) is 118 Å². The Bertz CT molecular complexity index is 1840. The second kappa shape index (κ2) is 10.4. The van der Waals surface area contributed by atoms with Crippen molar-refractivity contribution in [3.8, 4) is 22.3 Å². The fraction of sp³-hybridized carbons (Fsp3) is 0. The summed E-state index contributed by atoms with van der Waals surface area (Å²) >= 11 is 12.4. The molecule has 0 fully saturated rings. The first-order valence-corrected chi connectivity index (χ1v) is 12.9. The van der Waals surface area contributed by atoms with Crippen LogP contribution in [0.1, 0.15) is 22.8 Å². The van der Waals surface area contributed by atoms with Crippen molar-refractivity contribution in [2.24, 2.45) is 0 Å². The summed E-state index contributed by atoms with van der Waals surface area (Å²) in [6, 6.07) is 27.5. The van der Waals surface area contributed by atoms with Crippen LogP contribution in [0.3, 0.4) is 0 Å². The molecular weight excluding hydrogens is 577 g/mol. The molecule has 0 atom stereocenters. The number of rotatable bonds is 2. The van der Waals surface area contributed by atoms with Crippen LogP contribution in [0.4, 0.5) is 0 Å². The van der Waals surface area contributed by atoms with E-state index < -0.39 is 0 Å². The van der Waals surface area contributed by atoms with Crippen molar-refractivity contribution in [2.75, 3.05) is 0 Å². The van der Waals surface area contributed by atoms with Crippen molar-refractivity contribution in [1.82, 2.24) is 19.9 Å². The third-order valence-corrected chi connectivity index (χ3v) is 7.03. The average molecular weight is 595 g/mol. The van der Waals surface area contributed by atoms with Crippen LogP contribution in [0, 0.1) is 0 Å². The maximum absolute atomic E-state index is 6.18. The number of hydrogen-bond acceptors (Lipinski definition) is 2. The molecule has 0 N–H and O–H groups in total. The predicted molar refractivity (Wildman–Crippen MR) is 158 cm³/mol. The Morgan fingerprint density at radius 3 is 1.38 bits per heavy atom. The van der Waals surface area contributed by atoms with E-state index in [1.54, 1.807) is 0 Å². The van der Waals surface area contributed by atoms with E-state index >= 15 is 0 Å². The largest absolute Gasteiger partial charge is 2.00 e. The van der Waals surface area contributed by atoms with Crippen molar-refractivity contribution < 1.29 is 19.5 Å². The van der Waals surface area contributed by atoms with Gasteiger partial charge in [0.25, 0.3) is 0 Å². The van der Waals surface area contributed by atoms with Gasteiger partial charge in [-0.3, -0.25) is 0 Å².